The standard InChI is InChI=1S/C20H28N2O6S/c1-29(25,26)21-13-5-6-17-15(9-13)16-10-14(27-18(12-23)20(16)28-17)11-19(24)22-7-3-2-4-8-22/h5-6,9,14,16,18,20-21,23H,2-4,7-8,10-12H2,1H3/t14-,16+,18+,20-/m1/s1. The van der Waals surface area contributed by atoms with Crippen LogP contribution in [0.25, 0.3) is 0 Å². The molecule has 1 aromatic carbocycles. The van der Waals surface area contributed by atoms with E-state index >= 15 is 0 Å². The number of nitrogens with one attached hydrogen (secondary N) is 1. The van der Waals surface area contributed by atoms with E-state index in [1.54, 1.807) is 18.2 Å². The molecule has 1 aromatic rings. The Morgan fingerprint density at radius 1 is 1.28 bits per heavy atom. The van der Waals surface area contributed by atoms with Crippen LogP contribution < -0.4 is 9.46 Å². The highest BCUT2D eigenvalue weighted by Crippen LogP contribution is 2.47. The number of likely N-dealkylation sites (tertiary alicyclic amines) is 1. The van der Waals surface area contributed by atoms with Crippen molar-refractivity contribution in [2.75, 3.05) is 30.7 Å². The van der Waals surface area contributed by atoms with Crippen molar-refractivity contribution in [1.29, 1.82) is 0 Å². The summed E-state index contributed by atoms with van der Waals surface area (Å²) in [6.45, 7) is 1.40. The van der Waals surface area contributed by atoms with Gasteiger partial charge in [-0.15, -0.1) is 0 Å². The maximum atomic E-state index is 12.7. The monoisotopic (exact) mass is 424 g/mol. The number of aliphatic hydroxyl groups is 1. The summed E-state index contributed by atoms with van der Waals surface area (Å²) in [4.78, 5) is 14.6. The Bertz CT molecular complexity index is 868. The Morgan fingerprint density at radius 2 is 2.03 bits per heavy atom. The zero-order valence-electron chi connectivity index (χ0n) is 16.5. The van der Waals surface area contributed by atoms with E-state index in [4.69, 9.17) is 9.47 Å². The number of nitrogens with zero attached hydrogens (tertiary/aromatic N) is 1. The Morgan fingerprint density at radius 3 is 2.72 bits per heavy atom. The number of hydrogen-bond acceptors (Lipinski definition) is 6. The molecule has 0 unspecified atom stereocenters. The molecule has 3 heterocycles. The largest absolute Gasteiger partial charge is 0.487 e. The molecule has 0 aromatic heterocycles. The summed E-state index contributed by atoms with van der Waals surface area (Å²) in [5.41, 5.74) is 1.37. The molecule has 4 atom stereocenters. The van der Waals surface area contributed by atoms with Crippen molar-refractivity contribution in [2.45, 2.75) is 56.3 Å². The lowest BCUT2D eigenvalue weighted by atomic mass is 9.84. The number of anilines is 1. The average Bonchev–Trinajstić information content (AvgIpc) is 3.05. The lowest BCUT2D eigenvalue weighted by molar-refractivity contribution is -0.149. The van der Waals surface area contributed by atoms with Crippen LogP contribution in [0.3, 0.4) is 0 Å². The number of sulfonamides is 1. The molecular formula is C20H28N2O6S. The van der Waals surface area contributed by atoms with E-state index in [1.165, 1.54) is 0 Å². The highest BCUT2D eigenvalue weighted by atomic mass is 32.2. The fourth-order valence-corrected chi connectivity index (χ4v) is 5.19. The fraction of sp³-hybridized carbons (Fsp3) is 0.650. The van der Waals surface area contributed by atoms with Gasteiger partial charge in [0.15, 0.2) is 0 Å². The second-order valence-electron chi connectivity index (χ2n) is 8.18. The molecule has 1 amide bonds. The number of amides is 1. The average molecular weight is 425 g/mol. The topological polar surface area (TPSA) is 105 Å². The number of carbonyl (C=O) groups is 1. The predicted octanol–water partition coefficient (Wildman–Crippen LogP) is 1.46. The van der Waals surface area contributed by atoms with Gasteiger partial charge in [-0.05, 0) is 43.9 Å². The van der Waals surface area contributed by atoms with Crippen molar-refractivity contribution >= 4 is 21.6 Å². The SMILES string of the molecule is CS(=O)(=O)Nc1ccc2c(c1)[C@@H]1C[C@H](CC(=O)N3CCCCC3)O[C@@H](CO)[C@@H]1O2. The number of rotatable bonds is 5. The van der Waals surface area contributed by atoms with E-state index in [-0.39, 0.29) is 37.1 Å². The first-order chi connectivity index (χ1) is 13.8. The van der Waals surface area contributed by atoms with Gasteiger partial charge in [-0.2, -0.15) is 0 Å². The maximum absolute atomic E-state index is 12.7. The minimum Gasteiger partial charge on any atom is -0.487 e. The molecular weight excluding hydrogens is 396 g/mol. The molecule has 3 aliphatic heterocycles. The van der Waals surface area contributed by atoms with Gasteiger partial charge in [-0.25, -0.2) is 8.42 Å². The minimum atomic E-state index is -3.38. The van der Waals surface area contributed by atoms with Gasteiger partial charge in [0.05, 0.1) is 25.4 Å². The van der Waals surface area contributed by atoms with Crippen LogP contribution in [0.5, 0.6) is 5.75 Å². The van der Waals surface area contributed by atoms with Crippen LogP contribution in [-0.4, -0.2) is 68.6 Å². The highest BCUT2D eigenvalue weighted by Gasteiger charge is 2.46. The summed E-state index contributed by atoms with van der Waals surface area (Å²) >= 11 is 0. The summed E-state index contributed by atoms with van der Waals surface area (Å²) < 4.78 is 37.7. The minimum absolute atomic E-state index is 0.0589. The third-order valence-electron chi connectivity index (χ3n) is 5.91. The van der Waals surface area contributed by atoms with Gasteiger partial charge in [-0.3, -0.25) is 9.52 Å². The summed E-state index contributed by atoms with van der Waals surface area (Å²) in [5.74, 6) is 0.706. The van der Waals surface area contributed by atoms with Crippen molar-refractivity contribution in [2.24, 2.45) is 0 Å². The normalized spacial score (nSPS) is 29.0. The van der Waals surface area contributed by atoms with E-state index in [1.807, 2.05) is 4.90 Å². The lowest BCUT2D eigenvalue weighted by Gasteiger charge is -2.38. The van der Waals surface area contributed by atoms with Crippen LogP contribution in [0.15, 0.2) is 18.2 Å². The Labute approximate surface area is 171 Å². The first-order valence-corrected chi connectivity index (χ1v) is 12.1. The molecule has 2 N–H and O–H groups in total. The third kappa shape index (κ3) is 4.51. The number of piperidine rings is 1. The zero-order chi connectivity index (χ0) is 20.6. The number of carbonyl (C=O) groups excluding carboxylic acids is 1. The molecule has 3 aliphatic rings. The maximum Gasteiger partial charge on any atom is 0.229 e. The predicted molar refractivity (Wildman–Crippen MR) is 107 cm³/mol. The molecule has 4 rings (SSSR count). The van der Waals surface area contributed by atoms with Crippen molar-refractivity contribution in [1.82, 2.24) is 4.90 Å². The molecule has 9 heteroatoms. The number of hydrogen-bond donors (Lipinski definition) is 2. The molecule has 160 valence electrons. The van der Waals surface area contributed by atoms with E-state index in [9.17, 15) is 18.3 Å². The Kier molecular flexibility index (Phi) is 5.72. The second kappa shape index (κ2) is 8.12. The van der Waals surface area contributed by atoms with Gasteiger partial charge in [0, 0.05) is 30.3 Å². The van der Waals surface area contributed by atoms with E-state index < -0.39 is 16.1 Å². The fourth-order valence-electron chi connectivity index (χ4n) is 4.63. The van der Waals surface area contributed by atoms with Crippen LogP contribution in [0.4, 0.5) is 5.69 Å². The van der Waals surface area contributed by atoms with Crippen molar-refractivity contribution in [3.63, 3.8) is 0 Å². The van der Waals surface area contributed by atoms with Crippen LogP contribution in [0.1, 0.15) is 43.6 Å². The molecule has 0 saturated carbocycles. The highest BCUT2D eigenvalue weighted by molar-refractivity contribution is 7.92. The second-order valence-corrected chi connectivity index (χ2v) is 9.92. The van der Waals surface area contributed by atoms with Crippen molar-refractivity contribution in [3.05, 3.63) is 23.8 Å². The molecule has 2 saturated heterocycles. The molecule has 0 aliphatic carbocycles. The van der Waals surface area contributed by atoms with E-state index in [2.05, 4.69) is 4.72 Å². The lowest BCUT2D eigenvalue weighted by Crippen LogP contribution is -2.48. The first-order valence-electron chi connectivity index (χ1n) is 10.2. The molecule has 2 fully saturated rings. The number of aliphatic hydroxyl groups excluding tert-OH is 1. The molecule has 0 radical (unpaired) electrons. The summed E-state index contributed by atoms with van der Waals surface area (Å²) in [5, 5.41) is 9.83. The van der Waals surface area contributed by atoms with Crippen LogP contribution >= 0.6 is 0 Å². The van der Waals surface area contributed by atoms with E-state index in [0.29, 0.717) is 17.9 Å². The number of benzene rings is 1. The molecule has 29 heavy (non-hydrogen) atoms. The quantitative estimate of drug-likeness (QED) is 0.741. The smallest absolute Gasteiger partial charge is 0.229 e. The Balaban J connectivity index is 1.51. The Hall–Kier alpha value is -1.84. The molecule has 8 nitrogen and oxygen atoms in total. The number of ether oxygens (including phenoxy) is 2. The van der Waals surface area contributed by atoms with Crippen molar-refractivity contribution < 1.29 is 27.8 Å². The van der Waals surface area contributed by atoms with Crippen LogP contribution in [0.2, 0.25) is 0 Å². The van der Waals surface area contributed by atoms with Gasteiger partial charge < -0.3 is 19.5 Å². The first kappa shape index (κ1) is 20.4. The van der Waals surface area contributed by atoms with Gasteiger partial charge in [-0.1, -0.05) is 0 Å². The summed E-state index contributed by atoms with van der Waals surface area (Å²) in [7, 11) is -3.38. The van der Waals surface area contributed by atoms with Crippen molar-refractivity contribution in [3.8, 4) is 5.75 Å². The zero-order valence-corrected chi connectivity index (χ0v) is 17.4. The van der Waals surface area contributed by atoms with Crippen LogP contribution in [-0.2, 0) is 19.6 Å². The van der Waals surface area contributed by atoms with Crippen LogP contribution in [0, 0.1) is 0 Å². The van der Waals surface area contributed by atoms with Gasteiger partial charge in [0.1, 0.15) is 18.0 Å². The number of fused-ring (bicyclic) bond motifs is 3. The van der Waals surface area contributed by atoms with Gasteiger partial charge >= 0.3 is 0 Å². The summed E-state index contributed by atoms with van der Waals surface area (Å²) in [6.07, 6.45) is 4.07. The van der Waals surface area contributed by atoms with E-state index in [0.717, 1.165) is 44.2 Å². The van der Waals surface area contributed by atoms with Gasteiger partial charge in [0.2, 0.25) is 15.9 Å². The van der Waals surface area contributed by atoms with Gasteiger partial charge in [0.25, 0.3) is 0 Å². The molecule has 0 bridgehead atoms. The third-order valence-corrected chi connectivity index (χ3v) is 6.52. The summed E-state index contributed by atoms with van der Waals surface area (Å²) in [6, 6.07) is 5.18. The molecule has 0 spiro atoms.